The van der Waals surface area contributed by atoms with Crippen LogP contribution < -0.4 is 0 Å². The summed E-state index contributed by atoms with van der Waals surface area (Å²) in [4.78, 5) is 42.7. The Morgan fingerprint density at radius 2 is 1.02 bits per heavy atom. The van der Waals surface area contributed by atoms with E-state index < -0.39 is 32.5 Å². The van der Waals surface area contributed by atoms with Gasteiger partial charge in [-0.1, -0.05) is 136 Å². The van der Waals surface area contributed by atoms with Gasteiger partial charge in [0, 0.05) is 12.8 Å². The van der Waals surface area contributed by atoms with Crippen molar-refractivity contribution in [3.05, 3.63) is 109 Å². The van der Waals surface area contributed by atoms with Crippen molar-refractivity contribution >= 4 is 19.8 Å². The molecule has 0 bridgehead atoms. The summed E-state index contributed by atoms with van der Waals surface area (Å²) in [5.41, 5.74) is 0. The molecule has 2 atom stereocenters. The van der Waals surface area contributed by atoms with Gasteiger partial charge in [0.05, 0.1) is 12.7 Å². The van der Waals surface area contributed by atoms with Gasteiger partial charge in [0.1, 0.15) is 6.61 Å². The van der Waals surface area contributed by atoms with Gasteiger partial charge in [0.15, 0.2) is 6.10 Å². The molecule has 53 heavy (non-hydrogen) atoms. The normalized spacial score (nSPS) is 14.3. The largest absolute Gasteiger partial charge is 0.469 e. The lowest BCUT2D eigenvalue weighted by molar-refractivity contribution is -0.161. The maximum Gasteiger partial charge on any atom is 0.469 e. The van der Waals surface area contributed by atoms with Crippen molar-refractivity contribution in [3.63, 3.8) is 0 Å². The number of aliphatic hydroxyl groups excluding tert-OH is 1. The van der Waals surface area contributed by atoms with Crippen molar-refractivity contribution in [1.29, 1.82) is 0 Å². The van der Waals surface area contributed by atoms with E-state index in [1.165, 1.54) is 0 Å². The highest BCUT2D eigenvalue weighted by Gasteiger charge is 2.22. The highest BCUT2D eigenvalue weighted by molar-refractivity contribution is 7.46. The second-order valence-electron chi connectivity index (χ2n) is 12.3. The van der Waals surface area contributed by atoms with Gasteiger partial charge in [0.25, 0.3) is 0 Å². The van der Waals surface area contributed by atoms with Crippen LogP contribution in [0.1, 0.15) is 123 Å². The fraction of sp³-hybridized carbons (Fsp3) is 0.535. The van der Waals surface area contributed by atoms with Crippen LogP contribution in [0.3, 0.4) is 0 Å². The minimum absolute atomic E-state index is 0.0999. The number of carbonyl (C=O) groups excluding carboxylic acids is 2. The highest BCUT2D eigenvalue weighted by Crippen LogP contribution is 2.35. The van der Waals surface area contributed by atoms with Crippen molar-refractivity contribution in [1.82, 2.24) is 0 Å². The number of phosphoric ester groups is 1. The number of aliphatic hydroxyl groups is 1. The molecule has 0 rings (SSSR count). The second-order valence-corrected chi connectivity index (χ2v) is 13.6. The Bertz CT molecular complexity index is 1230. The van der Waals surface area contributed by atoms with E-state index in [4.69, 9.17) is 19.3 Å². The third-order valence-electron chi connectivity index (χ3n) is 7.35. The summed E-state index contributed by atoms with van der Waals surface area (Å²) in [6.07, 6.45) is 48.7. The molecule has 0 aromatic carbocycles. The van der Waals surface area contributed by atoms with E-state index in [0.717, 1.165) is 70.6 Å². The minimum atomic E-state index is -4.80. The zero-order chi connectivity index (χ0) is 39.1. The molecular weight excluding hydrogens is 691 g/mol. The van der Waals surface area contributed by atoms with Crippen LogP contribution in [0.25, 0.3) is 0 Å². The van der Waals surface area contributed by atoms with Crippen molar-refractivity contribution in [3.8, 4) is 0 Å². The molecule has 0 aliphatic rings. The van der Waals surface area contributed by atoms with E-state index in [-0.39, 0.29) is 25.6 Å². The molecule has 9 nitrogen and oxygen atoms in total. The summed E-state index contributed by atoms with van der Waals surface area (Å²) in [5, 5.41) is 9.78. The average molecular weight is 759 g/mol. The van der Waals surface area contributed by atoms with Gasteiger partial charge in [-0.25, -0.2) is 4.57 Å². The zero-order valence-corrected chi connectivity index (χ0v) is 33.1. The second kappa shape index (κ2) is 37.0. The highest BCUT2D eigenvalue weighted by atomic mass is 31.2. The molecule has 0 fully saturated rings. The van der Waals surface area contributed by atoms with Crippen molar-refractivity contribution < 1.29 is 43.0 Å². The Labute approximate surface area is 319 Å². The molecule has 10 heteroatoms. The fourth-order valence-electron chi connectivity index (χ4n) is 4.48. The van der Waals surface area contributed by atoms with Gasteiger partial charge in [0.2, 0.25) is 0 Å². The molecule has 0 aliphatic carbocycles. The molecule has 298 valence electrons. The zero-order valence-electron chi connectivity index (χ0n) is 32.2. The van der Waals surface area contributed by atoms with E-state index in [0.29, 0.717) is 25.7 Å². The van der Waals surface area contributed by atoms with Crippen molar-refractivity contribution in [2.45, 2.75) is 135 Å². The molecule has 0 aliphatic heterocycles. The summed E-state index contributed by atoms with van der Waals surface area (Å²) < 4.78 is 26.2. The van der Waals surface area contributed by atoms with E-state index in [2.05, 4.69) is 91.3 Å². The Morgan fingerprint density at radius 3 is 1.47 bits per heavy atom. The van der Waals surface area contributed by atoms with Crippen LogP contribution >= 0.6 is 7.82 Å². The lowest BCUT2D eigenvalue weighted by Crippen LogP contribution is -2.29. The molecule has 3 N–H and O–H groups in total. The number of hydrogen-bond donors (Lipinski definition) is 3. The Kier molecular flexibility index (Phi) is 34.7. The first kappa shape index (κ1) is 49.7. The predicted octanol–water partition coefficient (Wildman–Crippen LogP) is 10.6. The number of allylic oxidation sites excluding steroid dienone is 17. The first-order valence-electron chi connectivity index (χ1n) is 19.3. The number of rotatable bonds is 33. The summed E-state index contributed by atoms with van der Waals surface area (Å²) >= 11 is 0. The third kappa shape index (κ3) is 39.7. The maximum atomic E-state index is 12.4. The van der Waals surface area contributed by atoms with Crippen LogP contribution in [0, 0.1) is 0 Å². The molecule has 0 amide bonds. The predicted molar refractivity (Wildman–Crippen MR) is 217 cm³/mol. The number of hydrogen-bond acceptors (Lipinski definition) is 7. The van der Waals surface area contributed by atoms with E-state index in [1.54, 1.807) is 0 Å². The molecule has 0 saturated carbocycles. The van der Waals surface area contributed by atoms with Crippen LogP contribution in [0.15, 0.2) is 109 Å². The van der Waals surface area contributed by atoms with Crippen LogP contribution in [0.4, 0.5) is 0 Å². The third-order valence-corrected chi connectivity index (χ3v) is 7.83. The number of esters is 2. The fourth-order valence-corrected chi connectivity index (χ4v) is 4.84. The topological polar surface area (TPSA) is 140 Å². The molecule has 0 spiro atoms. The van der Waals surface area contributed by atoms with E-state index >= 15 is 0 Å². The molecule has 0 heterocycles. The Hall–Kier alpha value is -3.33. The first-order chi connectivity index (χ1) is 25.7. The molecule has 0 aromatic rings. The lowest BCUT2D eigenvalue weighted by atomic mass is 10.1. The Morgan fingerprint density at radius 1 is 0.585 bits per heavy atom. The maximum absolute atomic E-state index is 12.4. The summed E-state index contributed by atoms with van der Waals surface area (Å²) in [6, 6.07) is 0. The van der Waals surface area contributed by atoms with Gasteiger partial charge in [-0.2, -0.15) is 0 Å². The molecule has 0 radical (unpaired) electrons. The number of ether oxygens (including phenoxy) is 2. The minimum Gasteiger partial charge on any atom is -0.462 e. The quantitative estimate of drug-likeness (QED) is 0.0258. The standard InChI is InChI=1S/C43H67O9P/c1-3-5-7-8-9-10-11-12-13-14-15-16-20-23-26-29-32-36-42(45)50-38-41(39-51-53(47,48)49)52-43(46)37-33-30-27-24-21-18-17-19-22-25-28-31-35-40(44)34-6-4-2/h5,7,9-10,12-13,15-18,22-27,31,35,40-41,44H,3-4,6,8,11,14,19-21,28-30,32-34,36-39H2,1-2H3,(H2,47,48,49)/b7-5-,10-9-,13-12-,16-15-,18-17-,25-22-,26-23-,27-24-,35-31-/t40-,41-/m1/s1. The number of carbonyl (C=O) groups is 2. The lowest BCUT2D eigenvalue weighted by Gasteiger charge is -2.18. The van der Waals surface area contributed by atoms with Gasteiger partial charge in [-0.05, 0) is 83.5 Å². The number of phosphoric acid groups is 1. The summed E-state index contributed by atoms with van der Waals surface area (Å²) in [7, 11) is -4.80. The van der Waals surface area contributed by atoms with E-state index in [1.807, 2.05) is 36.5 Å². The van der Waals surface area contributed by atoms with Crippen LogP contribution in [-0.2, 0) is 28.2 Å². The van der Waals surface area contributed by atoms with Crippen LogP contribution in [0.2, 0.25) is 0 Å². The van der Waals surface area contributed by atoms with Crippen LogP contribution in [0.5, 0.6) is 0 Å². The molecule has 0 unspecified atom stereocenters. The van der Waals surface area contributed by atoms with E-state index in [9.17, 15) is 19.3 Å². The summed E-state index contributed by atoms with van der Waals surface area (Å²) in [5.74, 6) is -1.06. The average Bonchev–Trinajstić information content (AvgIpc) is 3.12. The van der Waals surface area contributed by atoms with Crippen molar-refractivity contribution in [2.75, 3.05) is 13.2 Å². The SMILES string of the molecule is CC/C=C\C/C=C\C/C=C\C/C=C\C/C=C\CCCC(=O)OC[C@H](COP(=O)(O)O)OC(=O)CCC/C=C\C/C=C\C/C=C\C/C=C\[C@H](O)CCCC. The van der Waals surface area contributed by atoms with Crippen molar-refractivity contribution in [2.24, 2.45) is 0 Å². The Balaban J connectivity index is 4.22. The first-order valence-corrected chi connectivity index (χ1v) is 20.8. The molecular formula is C43H67O9P. The smallest absolute Gasteiger partial charge is 0.462 e. The monoisotopic (exact) mass is 758 g/mol. The van der Waals surface area contributed by atoms with Crippen LogP contribution in [-0.4, -0.2) is 52.3 Å². The van der Waals surface area contributed by atoms with Gasteiger partial charge in [-0.3, -0.25) is 14.1 Å². The van der Waals surface area contributed by atoms with Gasteiger partial charge in [-0.15, -0.1) is 0 Å². The van der Waals surface area contributed by atoms with Gasteiger partial charge < -0.3 is 24.4 Å². The molecule has 0 aromatic heterocycles. The molecule has 0 saturated heterocycles. The number of unbranched alkanes of at least 4 members (excludes halogenated alkanes) is 3. The summed E-state index contributed by atoms with van der Waals surface area (Å²) in [6.45, 7) is 3.29. The van der Waals surface area contributed by atoms with Gasteiger partial charge >= 0.3 is 19.8 Å².